The molecule has 0 saturated heterocycles. The molecule has 1 heterocycles. The molecule has 0 aliphatic rings. The van der Waals surface area contributed by atoms with Gasteiger partial charge >= 0.3 is 0 Å². The van der Waals surface area contributed by atoms with Crippen molar-refractivity contribution < 1.29 is 14.6 Å². The molecule has 0 bridgehead atoms. The summed E-state index contributed by atoms with van der Waals surface area (Å²) in [6, 6.07) is 11.8. The van der Waals surface area contributed by atoms with Crippen LogP contribution in [0.25, 0.3) is 10.9 Å². The average Bonchev–Trinajstić information content (AvgIpc) is 2.68. The van der Waals surface area contributed by atoms with Gasteiger partial charge in [-0.25, -0.2) is 4.98 Å². The molecule has 1 aromatic heterocycles. The maximum absolute atomic E-state index is 12.9. The Labute approximate surface area is 171 Å². The van der Waals surface area contributed by atoms with Gasteiger partial charge in [0.15, 0.2) is 10.9 Å². The number of ketones is 1. The summed E-state index contributed by atoms with van der Waals surface area (Å²) < 4.78 is 6.63. The lowest BCUT2D eigenvalue weighted by Crippen LogP contribution is -2.28. The van der Waals surface area contributed by atoms with Gasteiger partial charge in [0.2, 0.25) is 0 Å². The number of aliphatic hydroxyl groups is 1. The second-order valence-corrected chi connectivity index (χ2v) is 7.61. The van der Waals surface area contributed by atoms with Crippen molar-refractivity contribution in [1.82, 2.24) is 9.55 Å². The summed E-state index contributed by atoms with van der Waals surface area (Å²) in [4.78, 5) is 30.0. The number of ether oxygens (including phenoxy) is 1. The first-order valence-electron chi connectivity index (χ1n) is 8.58. The SMILES string of the molecule is COc1ccccc1C(=O)CSc1nc2cc(Cl)ccc2c(=O)n1C[C@@H](C)O. The van der Waals surface area contributed by atoms with Gasteiger partial charge in [-0.15, -0.1) is 0 Å². The van der Waals surface area contributed by atoms with E-state index >= 15 is 0 Å². The zero-order valence-electron chi connectivity index (χ0n) is 15.4. The van der Waals surface area contributed by atoms with E-state index in [-0.39, 0.29) is 23.6 Å². The fraction of sp³-hybridized carbons (Fsp3) is 0.250. The molecule has 0 aliphatic carbocycles. The monoisotopic (exact) mass is 418 g/mol. The van der Waals surface area contributed by atoms with Gasteiger partial charge in [0.1, 0.15) is 5.75 Å². The fourth-order valence-electron chi connectivity index (χ4n) is 2.79. The largest absolute Gasteiger partial charge is 0.496 e. The third kappa shape index (κ3) is 4.38. The minimum absolute atomic E-state index is 0.0682. The molecule has 0 spiro atoms. The van der Waals surface area contributed by atoms with Crippen LogP contribution in [-0.4, -0.2) is 39.4 Å². The molecular weight excluding hydrogens is 400 g/mol. The molecule has 3 rings (SSSR count). The maximum atomic E-state index is 12.9. The molecule has 1 atom stereocenters. The third-order valence-corrected chi connectivity index (χ3v) is 5.28. The van der Waals surface area contributed by atoms with E-state index < -0.39 is 6.10 Å². The first-order chi connectivity index (χ1) is 13.4. The Kier molecular flexibility index (Phi) is 6.39. The second-order valence-electron chi connectivity index (χ2n) is 6.23. The standard InChI is InChI=1S/C20H19ClN2O4S/c1-12(24)10-23-19(26)14-8-7-13(21)9-16(14)22-20(23)28-11-17(25)15-5-3-4-6-18(15)27-2/h3-9,12,24H,10-11H2,1-2H3/t12-/m1/s1. The quantitative estimate of drug-likeness (QED) is 0.359. The number of carbonyl (C=O) groups is 1. The van der Waals surface area contributed by atoms with Gasteiger partial charge in [0.25, 0.3) is 5.56 Å². The lowest BCUT2D eigenvalue weighted by atomic mass is 10.1. The van der Waals surface area contributed by atoms with Crippen molar-refractivity contribution in [3.63, 3.8) is 0 Å². The van der Waals surface area contributed by atoms with Gasteiger partial charge < -0.3 is 9.84 Å². The van der Waals surface area contributed by atoms with Crippen molar-refractivity contribution in [3.8, 4) is 5.75 Å². The number of hydrogen-bond acceptors (Lipinski definition) is 6. The first-order valence-corrected chi connectivity index (χ1v) is 9.94. The van der Waals surface area contributed by atoms with Crippen LogP contribution >= 0.6 is 23.4 Å². The third-order valence-electron chi connectivity index (χ3n) is 4.07. The van der Waals surface area contributed by atoms with Crippen LogP contribution in [0.3, 0.4) is 0 Å². The second kappa shape index (κ2) is 8.77. The molecule has 0 radical (unpaired) electrons. The van der Waals surface area contributed by atoms with E-state index in [1.165, 1.54) is 11.7 Å². The highest BCUT2D eigenvalue weighted by atomic mass is 35.5. The number of benzene rings is 2. The lowest BCUT2D eigenvalue weighted by molar-refractivity contribution is 0.101. The van der Waals surface area contributed by atoms with Crippen molar-refractivity contribution >= 4 is 40.0 Å². The number of Topliss-reactive ketones (excluding diaryl/α,β-unsaturated/α-hetero) is 1. The summed E-state index contributed by atoms with van der Waals surface area (Å²) >= 11 is 7.16. The van der Waals surface area contributed by atoms with Crippen LogP contribution in [0.15, 0.2) is 52.4 Å². The predicted molar refractivity (Wildman–Crippen MR) is 111 cm³/mol. The van der Waals surface area contributed by atoms with E-state index in [0.29, 0.717) is 32.4 Å². The first kappa shape index (κ1) is 20.4. The van der Waals surface area contributed by atoms with Gasteiger partial charge in [0, 0.05) is 5.02 Å². The van der Waals surface area contributed by atoms with Crippen molar-refractivity contribution in [2.45, 2.75) is 24.7 Å². The molecule has 3 aromatic rings. The summed E-state index contributed by atoms with van der Waals surface area (Å²) in [6.07, 6.45) is -0.742. The van der Waals surface area contributed by atoms with Crippen molar-refractivity contribution in [3.05, 3.63) is 63.4 Å². The molecule has 0 fully saturated rings. The molecule has 0 saturated carbocycles. The van der Waals surface area contributed by atoms with Crippen molar-refractivity contribution in [2.75, 3.05) is 12.9 Å². The summed E-state index contributed by atoms with van der Waals surface area (Å²) in [7, 11) is 1.51. The van der Waals surface area contributed by atoms with Crippen LogP contribution in [0.2, 0.25) is 5.02 Å². The van der Waals surface area contributed by atoms with E-state index in [0.717, 1.165) is 11.8 Å². The van der Waals surface area contributed by atoms with Crippen molar-refractivity contribution in [1.29, 1.82) is 0 Å². The average molecular weight is 419 g/mol. The van der Waals surface area contributed by atoms with E-state index in [1.807, 2.05) is 0 Å². The van der Waals surface area contributed by atoms with Gasteiger partial charge in [0.05, 0.1) is 42.0 Å². The number of fused-ring (bicyclic) bond motifs is 1. The number of methoxy groups -OCH3 is 1. The Balaban J connectivity index is 1.97. The minimum Gasteiger partial charge on any atom is -0.496 e. The van der Waals surface area contributed by atoms with Crippen LogP contribution in [0.1, 0.15) is 17.3 Å². The number of thioether (sulfide) groups is 1. The van der Waals surface area contributed by atoms with Gasteiger partial charge in [-0.05, 0) is 37.3 Å². The molecule has 6 nitrogen and oxygen atoms in total. The number of halogens is 1. The van der Waals surface area contributed by atoms with Crippen LogP contribution in [-0.2, 0) is 6.54 Å². The number of aliphatic hydroxyl groups excluding tert-OH is 1. The van der Waals surface area contributed by atoms with Crippen molar-refractivity contribution in [2.24, 2.45) is 0 Å². The number of hydrogen-bond donors (Lipinski definition) is 1. The molecule has 0 aliphatic heterocycles. The summed E-state index contributed by atoms with van der Waals surface area (Å²) in [5, 5.41) is 11.0. The highest BCUT2D eigenvalue weighted by Crippen LogP contribution is 2.24. The smallest absolute Gasteiger partial charge is 0.262 e. The van der Waals surface area contributed by atoms with Crippen LogP contribution in [0, 0.1) is 0 Å². The van der Waals surface area contributed by atoms with E-state index in [2.05, 4.69) is 4.98 Å². The number of aromatic nitrogens is 2. The summed E-state index contributed by atoms with van der Waals surface area (Å²) in [5.41, 5.74) is 0.632. The Morgan fingerprint density at radius 1 is 1.32 bits per heavy atom. The molecule has 0 unspecified atom stereocenters. The lowest BCUT2D eigenvalue weighted by Gasteiger charge is -2.14. The number of para-hydroxylation sites is 1. The summed E-state index contributed by atoms with van der Waals surface area (Å²) in [5.74, 6) is 0.415. The predicted octanol–water partition coefficient (Wildman–Crippen LogP) is 3.41. The molecular formula is C20H19ClN2O4S. The molecule has 28 heavy (non-hydrogen) atoms. The topological polar surface area (TPSA) is 81.4 Å². The molecule has 1 N–H and O–H groups in total. The fourth-order valence-corrected chi connectivity index (χ4v) is 3.85. The highest BCUT2D eigenvalue weighted by molar-refractivity contribution is 7.99. The molecule has 0 amide bonds. The van der Waals surface area contributed by atoms with Gasteiger partial charge in [-0.1, -0.05) is 35.5 Å². The van der Waals surface area contributed by atoms with Gasteiger partial charge in [-0.3, -0.25) is 14.2 Å². The minimum atomic E-state index is -0.742. The van der Waals surface area contributed by atoms with E-state index in [4.69, 9.17) is 16.3 Å². The zero-order chi connectivity index (χ0) is 20.3. The van der Waals surface area contributed by atoms with Crippen LogP contribution < -0.4 is 10.3 Å². The number of carbonyl (C=O) groups excluding carboxylic acids is 1. The molecule has 2 aromatic carbocycles. The highest BCUT2D eigenvalue weighted by Gasteiger charge is 2.17. The summed E-state index contributed by atoms with van der Waals surface area (Å²) in [6.45, 7) is 1.67. The maximum Gasteiger partial charge on any atom is 0.262 e. The Morgan fingerprint density at radius 3 is 2.79 bits per heavy atom. The van der Waals surface area contributed by atoms with Crippen LogP contribution in [0.4, 0.5) is 0 Å². The molecule has 146 valence electrons. The van der Waals surface area contributed by atoms with E-state index in [9.17, 15) is 14.7 Å². The number of rotatable bonds is 7. The van der Waals surface area contributed by atoms with E-state index in [1.54, 1.807) is 49.4 Å². The Morgan fingerprint density at radius 2 is 2.07 bits per heavy atom. The zero-order valence-corrected chi connectivity index (χ0v) is 17.0. The Bertz CT molecular complexity index is 1080. The van der Waals surface area contributed by atoms with Crippen LogP contribution in [0.5, 0.6) is 5.75 Å². The normalized spacial score (nSPS) is 12.1. The molecule has 8 heteroatoms. The van der Waals surface area contributed by atoms with Gasteiger partial charge in [-0.2, -0.15) is 0 Å². The number of nitrogens with zero attached hydrogens (tertiary/aromatic N) is 2. The Hall–Kier alpha value is -2.35.